The molecule has 1 unspecified atom stereocenters. The number of aliphatic hydroxyl groups excluding tert-OH is 1. The zero-order chi connectivity index (χ0) is 14.7. The Labute approximate surface area is 122 Å². The summed E-state index contributed by atoms with van der Waals surface area (Å²) in [7, 11) is -3.65. The molecular formula is C12H19BrN2O3S. The fourth-order valence-electron chi connectivity index (χ4n) is 1.62. The average molecular weight is 351 g/mol. The van der Waals surface area contributed by atoms with Gasteiger partial charge in [0.1, 0.15) is 0 Å². The highest BCUT2D eigenvalue weighted by Gasteiger charge is 2.28. The molecule has 0 aliphatic rings. The SMILES string of the molecule is CCC(C)(CCO)NS(=O)(=O)c1ccc(Br)c(N)c1. The molecular weight excluding hydrogens is 332 g/mol. The number of rotatable bonds is 6. The summed E-state index contributed by atoms with van der Waals surface area (Å²) >= 11 is 3.22. The molecule has 0 radical (unpaired) electrons. The number of aliphatic hydroxyl groups is 1. The van der Waals surface area contributed by atoms with Crippen molar-refractivity contribution in [1.82, 2.24) is 4.72 Å². The summed E-state index contributed by atoms with van der Waals surface area (Å²) in [4.78, 5) is 0.116. The van der Waals surface area contributed by atoms with Crippen LogP contribution in [0.5, 0.6) is 0 Å². The first-order valence-electron chi connectivity index (χ1n) is 5.94. The molecule has 4 N–H and O–H groups in total. The van der Waals surface area contributed by atoms with Gasteiger partial charge in [0, 0.05) is 22.3 Å². The topological polar surface area (TPSA) is 92.4 Å². The van der Waals surface area contributed by atoms with Crippen LogP contribution in [-0.4, -0.2) is 25.7 Å². The normalized spacial score (nSPS) is 15.2. The highest BCUT2D eigenvalue weighted by molar-refractivity contribution is 9.10. The van der Waals surface area contributed by atoms with Crippen LogP contribution in [0.15, 0.2) is 27.6 Å². The number of halogens is 1. The van der Waals surface area contributed by atoms with Gasteiger partial charge in [-0.25, -0.2) is 13.1 Å². The third-order valence-electron chi connectivity index (χ3n) is 3.10. The maximum absolute atomic E-state index is 12.3. The number of anilines is 1. The summed E-state index contributed by atoms with van der Waals surface area (Å²) in [6.45, 7) is 3.56. The van der Waals surface area contributed by atoms with Crippen molar-refractivity contribution < 1.29 is 13.5 Å². The van der Waals surface area contributed by atoms with Gasteiger partial charge in [-0.2, -0.15) is 0 Å². The Bertz CT molecular complexity index is 548. The van der Waals surface area contributed by atoms with Crippen molar-refractivity contribution in [3.05, 3.63) is 22.7 Å². The summed E-state index contributed by atoms with van der Waals surface area (Å²) in [5.74, 6) is 0. The first kappa shape index (κ1) is 16.4. The molecule has 0 aliphatic carbocycles. The summed E-state index contributed by atoms with van der Waals surface area (Å²) in [5, 5.41) is 9.02. The molecule has 1 aromatic rings. The molecule has 1 atom stereocenters. The van der Waals surface area contributed by atoms with Gasteiger partial charge in [0.25, 0.3) is 0 Å². The van der Waals surface area contributed by atoms with Gasteiger partial charge in [0.2, 0.25) is 10.0 Å². The quantitative estimate of drug-likeness (QED) is 0.682. The zero-order valence-corrected chi connectivity index (χ0v) is 13.4. The van der Waals surface area contributed by atoms with Gasteiger partial charge in [-0.15, -0.1) is 0 Å². The van der Waals surface area contributed by atoms with Crippen LogP contribution >= 0.6 is 15.9 Å². The van der Waals surface area contributed by atoms with E-state index in [-0.39, 0.29) is 11.5 Å². The van der Waals surface area contributed by atoms with E-state index >= 15 is 0 Å². The van der Waals surface area contributed by atoms with E-state index in [2.05, 4.69) is 20.7 Å². The van der Waals surface area contributed by atoms with Crippen LogP contribution in [-0.2, 0) is 10.0 Å². The first-order chi connectivity index (χ1) is 8.74. The maximum atomic E-state index is 12.3. The highest BCUT2D eigenvalue weighted by atomic mass is 79.9. The predicted octanol–water partition coefficient (Wildman–Crippen LogP) is 1.86. The second-order valence-electron chi connectivity index (χ2n) is 4.68. The van der Waals surface area contributed by atoms with Crippen LogP contribution in [0.25, 0.3) is 0 Å². The second-order valence-corrected chi connectivity index (χ2v) is 7.21. The van der Waals surface area contributed by atoms with Crippen molar-refractivity contribution in [2.24, 2.45) is 0 Å². The molecule has 5 nitrogen and oxygen atoms in total. The molecule has 7 heteroatoms. The minimum absolute atomic E-state index is 0.0741. The number of nitrogen functional groups attached to an aromatic ring is 1. The van der Waals surface area contributed by atoms with E-state index in [9.17, 15) is 8.42 Å². The third kappa shape index (κ3) is 4.17. The Morgan fingerprint density at radius 2 is 2.11 bits per heavy atom. The monoisotopic (exact) mass is 350 g/mol. The van der Waals surface area contributed by atoms with E-state index in [0.29, 0.717) is 23.0 Å². The number of nitrogens with two attached hydrogens (primary N) is 1. The van der Waals surface area contributed by atoms with Crippen LogP contribution in [0, 0.1) is 0 Å². The maximum Gasteiger partial charge on any atom is 0.241 e. The van der Waals surface area contributed by atoms with Gasteiger partial charge in [-0.05, 0) is 53.9 Å². The second kappa shape index (κ2) is 6.21. The fourth-order valence-corrected chi connectivity index (χ4v) is 3.41. The third-order valence-corrected chi connectivity index (χ3v) is 5.46. The Hall–Kier alpha value is -0.630. The molecule has 0 bridgehead atoms. The van der Waals surface area contributed by atoms with Gasteiger partial charge in [0.05, 0.1) is 4.90 Å². The number of benzene rings is 1. The Morgan fingerprint density at radius 1 is 1.47 bits per heavy atom. The van der Waals surface area contributed by atoms with Crippen LogP contribution in [0.3, 0.4) is 0 Å². The fraction of sp³-hybridized carbons (Fsp3) is 0.500. The van der Waals surface area contributed by atoms with Crippen LogP contribution in [0.1, 0.15) is 26.7 Å². The number of hydrogen-bond donors (Lipinski definition) is 3. The largest absolute Gasteiger partial charge is 0.398 e. The number of nitrogens with one attached hydrogen (secondary N) is 1. The molecule has 0 saturated carbocycles. The van der Waals surface area contributed by atoms with Crippen molar-refractivity contribution in [2.75, 3.05) is 12.3 Å². The summed E-state index contributed by atoms with van der Waals surface area (Å²) in [5.41, 5.74) is 5.39. The predicted molar refractivity (Wildman–Crippen MR) is 79.3 cm³/mol. The van der Waals surface area contributed by atoms with Crippen LogP contribution in [0.2, 0.25) is 0 Å². The average Bonchev–Trinajstić information content (AvgIpc) is 2.32. The Balaban J connectivity index is 3.07. The lowest BCUT2D eigenvalue weighted by molar-refractivity contribution is 0.233. The van der Waals surface area contributed by atoms with Crippen LogP contribution in [0.4, 0.5) is 5.69 Å². The molecule has 0 aromatic heterocycles. The summed E-state index contributed by atoms with van der Waals surface area (Å²) in [6, 6.07) is 4.48. The standard InChI is InChI=1S/C12H19BrN2O3S/c1-3-12(2,6-7-16)15-19(17,18)9-4-5-10(13)11(14)8-9/h4-5,8,15-16H,3,6-7,14H2,1-2H3. The minimum Gasteiger partial charge on any atom is -0.398 e. The van der Waals surface area contributed by atoms with E-state index in [0.717, 1.165) is 0 Å². The molecule has 1 rings (SSSR count). The Morgan fingerprint density at radius 3 is 2.58 bits per heavy atom. The van der Waals surface area contributed by atoms with Crippen molar-refractivity contribution in [2.45, 2.75) is 37.1 Å². The zero-order valence-electron chi connectivity index (χ0n) is 11.0. The van der Waals surface area contributed by atoms with E-state index < -0.39 is 15.6 Å². The summed E-state index contributed by atoms with van der Waals surface area (Å²) in [6.07, 6.45) is 0.938. The summed E-state index contributed by atoms with van der Waals surface area (Å²) < 4.78 is 27.8. The van der Waals surface area contributed by atoms with Crippen molar-refractivity contribution in [3.8, 4) is 0 Å². The van der Waals surface area contributed by atoms with Crippen molar-refractivity contribution >= 4 is 31.6 Å². The van der Waals surface area contributed by atoms with E-state index in [4.69, 9.17) is 10.8 Å². The molecule has 1 aromatic carbocycles. The van der Waals surface area contributed by atoms with E-state index in [1.807, 2.05) is 6.92 Å². The van der Waals surface area contributed by atoms with Crippen LogP contribution < -0.4 is 10.5 Å². The lowest BCUT2D eigenvalue weighted by atomic mass is 9.97. The molecule has 0 aliphatic heterocycles. The van der Waals surface area contributed by atoms with E-state index in [1.165, 1.54) is 12.1 Å². The smallest absolute Gasteiger partial charge is 0.241 e. The van der Waals surface area contributed by atoms with Crippen molar-refractivity contribution in [3.63, 3.8) is 0 Å². The van der Waals surface area contributed by atoms with E-state index in [1.54, 1.807) is 13.0 Å². The molecule has 0 heterocycles. The van der Waals surface area contributed by atoms with Crippen molar-refractivity contribution in [1.29, 1.82) is 0 Å². The molecule has 0 fully saturated rings. The first-order valence-corrected chi connectivity index (χ1v) is 8.21. The molecule has 19 heavy (non-hydrogen) atoms. The lowest BCUT2D eigenvalue weighted by Gasteiger charge is -2.28. The molecule has 0 spiro atoms. The van der Waals surface area contributed by atoms with Gasteiger partial charge in [-0.3, -0.25) is 0 Å². The minimum atomic E-state index is -3.65. The highest BCUT2D eigenvalue weighted by Crippen LogP contribution is 2.24. The van der Waals surface area contributed by atoms with Gasteiger partial charge in [-0.1, -0.05) is 6.92 Å². The number of hydrogen-bond acceptors (Lipinski definition) is 4. The molecule has 0 amide bonds. The van der Waals surface area contributed by atoms with Gasteiger partial charge >= 0.3 is 0 Å². The lowest BCUT2D eigenvalue weighted by Crippen LogP contribution is -2.46. The van der Waals surface area contributed by atoms with Gasteiger partial charge in [0.15, 0.2) is 0 Å². The van der Waals surface area contributed by atoms with Gasteiger partial charge < -0.3 is 10.8 Å². The number of sulfonamides is 1. The molecule has 108 valence electrons. The molecule has 0 saturated heterocycles. The Kier molecular flexibility index (Phi) is 5.37.